The molecule has 0 saturated heterocycles. The Morgan fingerprint density at radius 3 is 3.00 bits per heavy atom. The maximum absolute atomic E-state index is 12.1. The molecule has 1 aromatic rings. The number of rotatable bonds is 4. The van der Waals surface area contributed by atoms with Crippen molar-refractivity contribution in [2.75, 3.05) is 13.2 Å². The fourth-order valence-electron chi connectivity index (χ4n) is 2.59. The van der Waals surface area contributed by atoms with E-state index >= 15 is 0 Å². The number of carbonyl (C=O) groups is 1. The third-order valence-corrected chi connectivity index (χ3v) is 3.64. The number of nitrogens with one attached hydrogen (secondary N) is 1. The molecule has 20 heavy (non-hydrogen) atoms. The Bertz CT molecular complexity index is 511. The molecule has 0 aromatic carbocycles. The van der Waals surface area contributed by atoms with Crippen molar-refractivity contribution in [1.82, 2.24) is 10.3 Å². The van der Waals surface area contributed by atoms with Crippen LogP contribution in [0.4, 0.5) is 0 Å². The summed E-state index contributed by atoms with van der Waals surface area (Å²) in [5.41, 5.74) is 0.889. The Balaban J connectivity index is 1.91. The van der Waals surface area contributed by atoms with E-state index in [1.807, 2.05) is 0 Å². The predicted octanol–water partition coefficient (Wildman–Crippen LogP) is 1.74. The molecule has 0 radical (unpaired) electrons. The van der Waals surface area contributed by atoms with Crippen LogP contribution in [-0.4, -0.2) is 29.1 Å². The molecule has 1 heterocycles. The summed E-state index contributed by atoms with van der Waals surface area (Å²) in [7, 11) is 0. The minimum absolute atomic E-state index is 0.189. The minimum Gasteiger partial charge on any atom is -0.384 e. The van der Waals surface area contributed by atoms with Crippen molar-refractivity contribution >= 4 is 5.91 Å². The quantitative estimate of drug-likeness (QED) is 0.821. The molecular formula is C16H20N2O2. The molecule has 106 valence electrons. The number of nitrogens with zero attached hydrogens (tertiary/aromatic N) is 1. The van der Waals surface area contributed by atoms with Crippen LogP contribution in [0.15, 0.2) is 18.3 Å². The number of aliphatic hydroxyl groups excluding tert-OH is 1. The molecule has 1 aliphatic rings. The number of carbonyl (C=O) groups excluding carboxylic acids is 1. The normalized spacial score (nSPS) is 14.7. The van der Waals surface area contributed by atoms with Gasteiger partial charge in [0, 0.05) is 12.7 Å². The van der Waals surface area contributed by atoms with Crippen LogP contribution in [0.5, 0.6) is 0 Å². The minimum atomic E-state index is -0.225. The second-order valence-corrected chi connectivity index (χ2v) is 5.05. The third-order valence-electron chi connectivity index (χ3n) is 3.64. The lowest BCUT2D eigenvalue weighted by atomic mass is 10.0. The van der Waals surface area contributed by atoms with Gasteiger partial charge >= 0.3 is 0 Å². The van der Waals surface area contributed by atoms with E-state index < -0.39 is 0 Å². The molecule has 0 spiro atoms. The monoisotopic (exact) mass is 272 g/mol. The van der Waals surface area contributed by atoms with Crippen molar-refractivity contribution in [2.24, 2.45) is 5.92 Å². The third kappa shape index (κ3) is 4.07. The van der Waals surface area contributed by atoms with E-state index in [2.05, 4.69) is 22.1 Å². The van der Waals surface area contributed by atoms with E-state index in [1.165, 1.54) is 25.7 Å². The highest BCUT2D eigenvalue weighted by atomic mass is 16.2. The molecule has 0 atom stereocenters. The fourth-order valence-corrected chi connectivity index (χ4v) is 2.59. The smallest absolute Gasteiger partial charge is 0.271 e. The molecule has 1 fully saturated rings. The largest absolute Gasteiger partial charge is 0.384 e. The summed E-state index contributed by atoms with van der Waals surface area (Å²) in [5, 5.41) is 11.6. The number of amides is 1. The first-order valence-corrected chi connectivity index (χ1v) is 7.14. The second kappa shape index (κ2) is 7.66. The van der Waals surface area contributed by atoms with Crippen molar-refractivity contribution in [3.05, 3.63) is 29.6 Å². The summed E-state index contributed by atoms with van der Waals surface area (Å²) in [6, 6.07) is 3.47. The number of hydrogen-bond acceptors (Lipinski definition) is 3. The van der Waals surface area contributed by atoms with Gasteiger partial charge in [0.1, 0.15) is 12.3 Å². The zero-order chi connectivity index (χ0) is 14.2. The van der Waals surface area contributed by atoms with E-state index in [4.69, 9.17) is 5.11 Å². The molecule has 4 heteroatoms. The van der Waals surface area contributed by atoms with Crippen LogP contribution >= 0.6 is 0 Å². The van der Waals surface area contributed by atoms with E-state index in [1.54, 1.807) is 18.3 Å². The van der Waals surface area contributed by atoms with Gasteiger partial charge in [-0.1, -0.05) is 37.5 Å². The standard InChI is InChI=1S/C16H20N2O2/c19-12-4-8-14-7-3-10-17-15(14)16(20)18-11-9-13-5-1-2-6-13/h3,7,10,13,19H,1-2,5-6,9,11-12H2,(H,18,20). The maximum Gasteiger partial charge on any atom is 0.271 e. The second-order valence-electron chi connectivity index (χ2n) is 5.05. The van der Waals surface area contributed by atoms with Gasteiger partial charge in [-0.05, 0) is 24.5 Å². The molecule has 4 nitrogen and oxygen atoms in total. The molecule has 1 amide bonds. The van der Waals surface area contributed by atoms with Gasteiger partial charge in [0.25, 0.3) is 5.91 Å². The summed E-state index contributed by atoms with van der Waals surface area (Å²) >= 11 is 0. The van der Waals surface area contributed by atoms with Crippen LogP contribution in [0.25, 0.3) is 0 Å². The first-order valence-electron chi connectivity index (χ1n) is 7.14. The van der Waals surface area contributed by atoms with Crippen LogP contribution in [0, 0.1) is 17.8 Å². The van der Waals surface area contributed by atoms with Crippen molar-refractivity contribution in [3.63, 3.8) is 0 Å². The highest BCUT2D eigenvalue weighted by molar-refractivity contribution is 5.94. The Labute approximate surface area is 119 Å². The van der Waals surface area contributed by atoms with E-state index in [-0.39, 0.29) is 12.5 Å². The predicted molar refractivity (Wildman–Crippen MR) is 77.1 cm³/mol. The Morgan fingerprint density at radius 2 is 2.25 bits per heavy atom. The Hall–Kier alpha value is -1.86. The summed E-state index contributed by atoms with van der Waals surface area (Å²) in [4.78, 5) is 16.2. The number of aromatic nitrogens is 1. The molecule has 0 bridgehead atoms. The number of hydrogen-bond donors (Lipinski definition) is 2. The van der Waals surface area contributed by atoms with Crippen LogP contribution < -0.4 is 5.32 Å². The van der Waals surface area contributed by atoms with Gasteiger partial charge < -0.3 is 10.4 Å². The summed E-state index contributed by atoms with van der Waals surface area (Å²) in [6.45, 7) is 0.463. The topological polar surface area (TPSA) is 62.2 Å². The van der Waals surface area contributed by atoms with E-state index in [0.29, 0.717) is 17.8 Å². The molecule has 0 unspecified atom stereocenters. The van der Waals surface area contributed by atoms with Gasteiger partial charge in [-0.25, -0.2) is 4.98 Å². The Kier molecular flexibility index (Phi) is 5.57. The van der Waals surface area contributed by atoms with Gasteiger partial charge in [0.15, 0.2) is 0 Å². The summed E-state index contributed by atoms with van der Waals surface area (Å²) in [6.07, 6.45) is 7.82. The average molecular weight is 272 g/mol. The molecule has 1 aliphatic carbocycles. The fraction of sp³-hybridized carbons (Fsp3) is 0.500. The van der Waals surface area contributed by atoms with Crippen LogP contribution in [0.2, 0.25) is 0 Å². The Morgan fingerprint density at radius 1 is 1.45 bits per heavy atom. The highest BCUT2D eigenvalue weighted by Gasteiger charge is 2.16. The van der Waals surface area contributed by atoms with Gasteiger partial charge in [0.2, 0.25) is 0 Å². The van der Waals surface area contributed by atoms with Crippen molar-refractivity contribution in [2.45, 2.75) is 32.1 Å². The highest BCUT2D eigenvalue weighted by Crippen LogP contribution is 2.26. The first kappa shape index (κ1) is 14.5. The SMILES string of the molecule is O=C(NCCC1CCCC1)c1ncccc1C#CCO. The number of aliphatic hydroxyl groups is 1. The van der Waals surface area contributed by atoms with Crippen LogP contribution in [0.3, 0.4) is 0 Å². The molecule has 1 saturated carbocycles. The van der Waals surface area contributed by atoms with Crippen molar-refractivity contribution in [1.29, 1.82) is 0 Å². The molecule has 1 aromatic heterocycles. The molecule has 2 N–H and O–H groups in total. The summed E-state index contributed by atoms with van der Waals surface area (Å²) < 4.78 is 0. The zero-order valence-corrected chi connectivity index (χ0v) is 11.6. The molecule has 2 rings (SSSR count). The van der Waals surface area contributed by atoms with Gasteiger partial charge in [0.05, 0.1) is 5.56 Å². The average Bonchev–Trinajstić information content (AvgIpc) is 2.98. The van der Waals surface area contributed by atoms with Gasteiger partial charge in [-0.3, -0.25) is 4.79 Å². The number of pyridine rings is 1. The lowest BCUT2D eigenvalue weighted by Crippen LogP contribution is -2.27. The van der Waals surface area contributed by atoms with E-state index in [9.17, 15) is 4.79 Å². The van der Waals surface area contributed by atoms with Crippen molar-refractivity contribution < 1.29 is 9.90 Å². The van der Waals surface area contributed by atoms with Crippen molar-refractivity contribution in [3.8, 4) is 11.8 Å². The lowest BCUT2D eigenvalue weighted by molar-refractivity contribution is 0.0946. The van der Waals surface area contributed by atoms with Gasteiger partial charge in [-0.2, -0.15) is 0 Å². The molecule has 0 aliphatic heterocycles. The van der Waals surface area contributed by atoms with Crippen LogP contribution in [-0.2, 0) is 0 Å². The van der Waals surface area contributed by atoms with Crippen LogP contribution in [0.1, 0.15) is 48.2 Å². The van der Waals surface area contributed by atoms with Gasteiger partial charge in [-0.15, -0.1) is 0 Å². The first-order chi connectivity index (χ1) is 9.81. The van der Waals surface area contributed by atoms with E-state index in [0.717, 1.165) is 12.3 Å². The molecular weight excluding hydrogens is 252 g/mol. The maximum atomic E-state index is 12.1. The summed E-state index contributed by atoms with van der Waals surface area (Å²) in [5.74, 6) is 5.87. The zero-order valence-electron chi connectivity index (χ0n) is 11.6. The lowest BCUT2D eigenvalue weighted by Gasteiger charge is -2.10.